The molecule has 0 saturated heterocycles. The lowest BCUT2D eigenvalue weighted by Crippen LogP contribution is -2.33. The lowest BCUT2D eigenvalue weighted by molar-refractivity contribution is -0.123. The zero-order chi connectivity index (χ0) is 19.5. The predicted octanol–water partition coefficient (Wildman–Crippen LogP) is 3.65. The van der Waals surface area contributed by atoms with E-state index >= 15 is 0 Å². The van der Waals surface area contributed by atoms with Gasteiger partial charge in [-0.05, 0) is 31.2 Å². The molecule has 0 aliphatic carbocycles. The number of carbonyl (C=O) groups is 2. The van der Waals surface area contributed by atoms with Crippen LogP contribution in [-0.4, -0.2) is 29.7 Å². The lowest BCUT2D eigenvalue weighted by atomic mass is 10.0. The van der Waals surface area contributed by atoms with Crippen molar-refractivity contribution in [2.75, 3.05) is 11.9 Å². The van der Waals surface area contributed by atoms with Crippen LogP contribution in [0.1, 0.15) is 51.9 Å². The third-order valence-corrected chi connectivity index (χ3v) is 3.49. The molecule has 26 heavy (non-hydrogen) atoms. The number of benzene rings is 1. The number of amides is 2. The van der Waals surface area contributed by atoms with E-state index in [-0.39, 0.29) is 11.5 Å². The van der Waals surface area contributed by atoms with Crippen LogP contribution in [0.2, 0.25) is 0 Å². The highest BCUT2D eigenvalue weighted by Crippen LogP contribution is 2.23. The minimum absolute atomic E-state index is 0.0309. The van der Waals surface area contributed by atoms with Crippen LogP contribution in [0.25, 0.3) is 0 Å². The highest BCUT2D eigenvalue weighted by Gasteiger charge is 2.28. The molecule has 0 unspecified atom stereocenters. The van der Waals surface area contributed by atoms with Crippen LogP contribution in [0.4, 0.5) is 18.9 Å². The van der Waals surface area contributed by atoms with Crippen molar-refractivity contribution in [1.82, 2.24) is 10.5 Å². The maximum absolute atomic E-state index is 12.4. The molecule has 1 heterocycles. The van der Waals surface area contributed by atoms with E-state index in [4.69, 9.17) is 4.52 Å². The summed E-state index contributed by atoms with van der Waals surface area (Å²) in [5.74, 6) is -0.835. The van der Waals surface area contributed by atoms with Crippen LogP contribution >= 0.6 is 0 Å². The summed E-state index contributed by atoms with van der Waals surface area (Å²) < 4.78 is 41.5. The Morgan fingerprint density at radius 2 is 1.77 bits per heavy atom. The predicted molar refractivity (Wildman–Crippen MR) is 88.1 cm³/mol. The second-order valence-corrected chi connectivity index (χ2v) is 5.99. The number of aromatic nitrogens is 1. The summed E-state index contributed by atoms with van der Waals surface area (Å²) in [6.07, 6.45) is -4.48. The van der Waals surface area contributed by atoms with Crippen molar-refractivity contribution in [2.45, 2.75) is 32.9 Å². The third-order valence-electron chi connectivity index (χ3n) is 3.49. The summed E-state index contributed by atoms with van der Waals surface area (Å²) in [6, 6.07) is 5.51. The van der Waals surface area contributed by atoms with Gasteiger partial charge < -0.3 is 15.2 Å². The zero-order valence-electron chi connectivity index (χ0n) is 14.4. The van der Waals surface area contributed by atoms with Gasteiger partial charge in [0.1, 0.15) is 12.1 Å². The van der Waals surface area contributed by atoms with Gasteiger partial charge in [-0.3, -0.25) is 9.59 Å². The SMILES string of the molecule is Cc1noc(C(C)C)c1C(=O)Nc1ccc(C(=O)NCC(F)(F)F)cc1. The average Bonchev–Trinajstić information content (AvgIpc) is 2.94. The number of hydrogen-bond acceptors (Lipinski definition) is 4. The Morgan fingerprint density at radius 3 is 2.31 bits per heavy atom. The molecule has 9 heteroatoms. The fourth-order valence-corrected chi connectivity index (χ4v) is 2.24. The van der Waals surface area contributed by atoms with Crippen LogP contribution < -0.4 is 10.6 Å². The second kappa shape index (κ2) is 7.59. The summed E-state index contributed by atoms with van der Waals surface area (Å²) >= 11 is 0. The van der Waals surface area contributed by atoms with Crippen molar-refractivity contribution >= 4 is 17.5 Å². The molecule has 1 aromatic carbocycles. The van der Waals surface area contributed by atoms with Crippen LogP contribution in [0.3, 0.4) is 0 Å². The minimum atomic E-state index is -4.48. The molecule has 2 amide bonds. The van der Waals surface area contributed by atoms with Gasteiger partial charge >= 0.3 is 6.18 Å². The van der Waals surface area contributed by atoms with E-state index in [1.807, 2.05) is 13.8 Å². The number of anilines is 1. The minimum Gasteiger partial charge on any atom is -0.360 e. The quantitative estimate of drug-likeness (QED) is 0.843. The van der Waals surface area contributed by atoms with E-state index < -0.39 is 24.5 Å². The van der Waals surface area contributed by atoms with E-state index in [2.05, 4.69) is 10.5 Å². The fraction of sp³-hybridized carbons (Fsp3) is 0.353. The molecule has 0 radical (unpaired) electrons. The first-order valence-electron chi connectivity index (χ1n) is 7.81. The van der Waals surface area contributed by atoms with Crippen LogP contribution in [0.5, 0.6) is 0 Å². The van der Waals surface area contributed by atoms with Crippen LogP contribution in [0, 0.1) is 6.92 Å². The molecule has 140 valence electrons. The highest BCUT2D eigenvalue weighted by molar-refractivity contribution is 6.06. The van der Waals surface area contributed by atoms with Gasteiger partial charge in [0.25, 0.3) is 11.8 Å². The van der Waals surface area contributed by atoms with Gasteiger partial charge in [0, 0.05) is 17.2 Å². The Kier molecular flexibility index (Phi) is 5.69. The summed E-state index contributed by atoms with van der Waals surface area (Å²) in [5, 5.41) is 8.23. The number of nitrogens with one attached hydrogen (secondary N) is 2. The highest BCUT2D eigenvalue weighted by atomic mass is 19.4. The van der Waals surface area contributed by atoms with Crippen LogP contribution in [-0.2, 0) is 0 Å². The zero-order valence-corrected chi connectivity index (χ0v) is 14.4. The van der Waals surface area contributed by atoms with Crippen molar-refractivity contribution in [1.29, 1.82) is 0 Å². The van der Waals surface area contributed by atoms with Crippen molar-refractivity contribution in [3.8, 4) is 0 Å². The number of nitrogens with zero attached hydrogens (tertiary/aromatic N) is 1. The van der Waals surface area contributed by atoms with Crippen molar-refractivity contribution in [3.05, 3.63) is 46.8 Å². The lowest BCUT2D eigenvalue weighted by Gasteiger charge is -2.10. The molecular weight excluding hydrogens is 351 g/mol. The topological polar surface area (TPSA) is 84.2 Å². The Bertz CT molecular complexity index is 796. The molecule has 0 fully saturated rings. The molecule has 1 aromatic heterocycles. The number of aryl methyl sites for hydroxylation is 1. The Hall–Kier alpha value is -2.84. The standard InChI is InChI=1S/C17H18F3N3O3/c1-9(2)14-13(10(3)23-26-14)16(25)22-12-6-4-11(5-7-12)15(24)21-8-17(18,19)20/h4-7,9H,8H2,1-3H3,(H,21,24)(H,22,25). The second-order valence-electron chi connectivity index (χ2n) is 5.99. The van der Waals surface area contributed by atoms with Gasteiger partial charge in [-0.2, -0.15) is 13.2 Å². The molecule has 0 bridgehead atoms. The maximum Gasteiger partial charge on any atom is 0.405 e. The Morgan fingerprint density at radius 1 is 1.15 bits per heavy atom. The van der Waals surface area contributed by atoms with E-state index in [1.54, 1.807) is 12.2 Å². The Labute approximate surface area is 147 Å². The fourth-order valence-electron chi connectivity index (χ4n) is 2.24. The number of hydrogen-bond donors (Lipinski definition) is 2. The molecule has 0 aliphatic heterocycles. The number of carbonyl (C=O) groups excluding carboxylic acids is 2. The van der Waals surface area contributed by atoms with E-state index in [0.717, 1.165) is 0 Å². The summed E-state index contributed by atoms with van der Waals surface area (Å²) in [5.41, 5.74) is 1.23. The average molecular weight is 369 g/mol. The van der Waals surface area contributed by atoms with Crippen molar-refractivity contribution < 1.29 is 27.3 Å². The molecule has 0 aliphatic rings. The maximum atomic E-state index is 12.4. The summed E-state index contributed by atoms with van der Waals surface area (Å²) in [6.45, 7) is 3.98. The first kappa shape index (κ1) is 19.5. The summed E-state index contributed by atoms with van der Waals surface area (Å²) in [4.78, 5) is 24.1. The Balaban J connectivity index is 2.07. The number of rotatable bonds is 5. The molecule has 6 nitrogen and oxygen atoms in total. The van der Waals surface area contributed by atoms with E-state index in [9.17, 15) is 22.8 Å². The first-order chi connectivity index (χ1) is 12.1. The van der Waals surface area contributed by atoms with Crippen molar-refractivity contribution in [2.24, 2.45) is 0 Å². The monoisotopic (exact) mass is 369 g/mol. The van der Waals surface area contributed by atoms with Gasteiger partial charge in [-0.15, -0.1) is 0 Å². The molecule has 0 atom stereocenters. The van der Waals surface area contributed by atoms with Gasteiger partial charge in [0.05, 0.1) is 5.69 Å². The smallest absolute Gasteiger partial charge is 0.360 e. The van der Waals surface area contributed by atoms with Gasteiger partial charge in [0.2, 0.25) is 0 Å². The normalized spacial score (nSPS) is 11.5. The summed E-state index contributed by atoms with van der Waals surface area (Å²) in [7, 11) is 0. The van der Waals surface area contributed by atoms with E-state index in [0.29, 0.717) is 22.7 Å². The first-order valence-corrected chi connectivity index (χ1v) is 7.81. The largest absolute Gasteiger partial charge is 0.405 e. The molecule has 2 rings (SSSR count). The van der Waals surface area contributed by atoms with Gasteiger partial charge in [-0.25, -0.2) is 0 Å². The molecule has 2 N–H and O–H groups in total. The molecule has 0 saturated carbocycles. The van der Waals surface area contributed by atoms with Crippen LogP contribution in [0.15, 0.2) is 28.8 Å². The molecule has 2 aromatic rings. The molecule has 0 spiro atoms. The number of alkyl halides is 3. The van der Waals surface area contributed by atoms with Gasteiger partial charge in [-0.1, -0.05) is 19.0 Å². The molecular formula is C17H18F3N3O3. The van der Waals surface area contributed by atoms with E-state index in [1.165, 1.54) is 24.3 Å². The van der Waals surface area contributed by atoms with Gasteiger partial charge in [0.15, 0.2) is 5.76 Å². The number of halogens is 3. The van der Waals surface area contributed by atoms with Crippen molar-refractivity contribution in [3.63, 3.8) is 0 Å². The third kappa shape index (κ3) is 4.84.